The summed E-state index contributed by atoms with van der Waals surface area (Å²) in [6, 6.07) is 20.6. The molecule has 3 aromatic carbocycles. The lowest BCUT2D eigenvalue weighted by Crippen LogP contribution is -2.35. The standard InChI is InChI=1S/C34H36N2O2/c1-7-19-36-29-12-10-9-11-28(29)35-31(23-13-15-24(16-14-23)32(37)38-20-8-2)25-21-26-27(22-30(25)36)34(5,6)18-17-33(26,3)4/h7-16,21-22H,1-2,17-20H2,3-6H3. The minimum Gasteiger partial charge on any atom is -0.458 e. The third kappa shape index (κ3) is 4.49. The number of benzene rings is 3. The summed E-state index contributed by atoms with van der Waals surface area (Å²) < 4.78 is 5.23. The SMILES string of the molecule is C=CCOC(=O)c1ccc(C2=Nc3ccccc3N(CC=C)c3cc4c(cc32)C(C)(C)CCC4(C)C)cc1. The molecule has 3 aromatic rings. The second-order valence-electron chi connectivity index (χ2n) is 11.5. The molecule has 0 spiro atoms. The lowest BCUT2D eigenvalue weighted by Gasteiger charge is -2.43. The highest BCUT2D eigenvalue weighted by atomic mass is 16.5. The van der Waals surface area contributed by atoms with E-state index >= 15 is 0 Å². The summed E-state index contributed by atoms with van der Waals surface area (Å²) in [5.74, 6) is -0.361. The van der Waals surface area contributed by atoms with Crippen LogP contribution >= 0.6 is 0 Å². The Morgan fingerprint density at radius 2 is 1.58 bits per heavy atom. The quantitative estimate of drug-likeness (QED) is 0.251. The minimum absolute atomic E-state index is 0.0617. The summed E-state index contributed by atoms with van der Waals surface area (Å²) in [6.07, 6.45) is 5.80. The van der Waals surface area contributed by atoms with Gasteiger partial charge >= 0.3 is 5.97 Å². The lowest BCUT2D eigenvalue weighted by atomic mass is 9.62. The Morgan fingerprint density at radius 3 is 2.24 bits per heavy atom. The van der Waals surface area contributed by atoms with E-state index < -0.39 is 0 Å². The van der Waals surface area contributed by atoms with Gasteiger partial charge in [-0.3, -0.25) is 0 Å². The Balaban J connectivity index is 1.75. The first kappa shape index (κ1) is 25.7. The number of fused-ring (bicyclic) bond motifs is 3. The van der Waals surface area contributed by atoms with E-state index in [0.717, 1.165) is 46.7 Å². The zero-order valence-corrected chi connectivity index (χ0v) is 22.9. The number of para-hydroxylation sites is 2. The molecule has 0 N–H and O–H groups in total. The van der Waals surface area contributed by atoms with Gasteiger partial charge in [-0.25, -0.2) is 9.79 Å². The van der Waals surface area contributed by atoms with Crippen molar-refractivity contribution in [3.05, 3.63) is 114 Å². The first-order valence-electron chi connectivity index (χ1n) is 13.3. The summed E-state index contributed by atoms with van der Waals surface area (Å²) in [4.78, 5) is 20.0. The fourth-order valence-electron chi connectivity index (χ4n) is 5.64. The molecule has 0 atom stereocenters. The number of anilines is 2. The van der Waals surface area contributed by atoms with Crippen molar-refractivity contribution in [2.45, 2.75) is 51.4 Å². The zero-order chi connectivity index (χ0) is 27.1. The maximum absolute atomic E-state index is 12.4. The number of hydrogen-bond donors (Lipinski definition) is 0. The van der Waals surface area contributed by atoms with Gasteiger partial charge in [-0.1, -0.05) is 70.7 Å². The third-order valence-electron chi connectivity index (χ3n) is 7.96. The van der Waals surface area contributed by atoms with Crippen LogP contribution in [0.4, 0.5) is 17.1 Å². The van der Waals surface area contributed by atoms with Crippen molar-refractivity contribution in [3.8, 4) is 0 Å². The second-order valence-corrected chi connectivity index (χ2v) is 11.5. The van der Waals surface area contributed by atoms with Crippen LogP contribution in [-0.2, 0) is 15.6 Å². The predicted octanol–water partition coefficient (Wildman–Crippen LogP) is 8.19. The third-order valence-corrected chi connectivity index (χ3v) is 7.96. The van der Waals surface area contributed by atoms with Gasteiger partial charge < -0.3 is 9.64 Å². The molecule has 5 rings (SSSR count). The van der Waals surface area contributed by atoms with Crippen molar-refractivity contribution < 1.29 is 9.53 Å². The molecule has 0 aromatic heterocycles. The molecule has 2 aliphatic rings. The van der Waals surface area contributed by atoms with Gasteiger partial charge in [0.25, 0.3) is 0 Å². The molecule has 0 radical (unpaired) electrons. The number of ether oxygens (including phenoxy) is 1. The molecule has 4 nitrogen and oxygen atoms in total. The van der Waals surface area contributed by atoms with E-state index in [4.69, 9.17) is 9.73 Å². The molecule has 0 bridgehead atoms. The first-order valence-corrected chi connectivity index (χ1v) is 13.3. The van der Waals surface area contributed by atoms with Crippen molar-refractivity contribution in [2.75, 3.05) is 18.1 Å². The van der Waals surface area contributed by atoms with Gasteiger partial charge in [-0.2, -0.15) is 0 Å². The number of aliphatic imine (C=N–C) groups is 1. The summed E-state index contributed by atoms with van der Waals surface area (Å²) in [5.41, 5.74) is 9.47. The summed E-state index contributed by atoms with van der Waals surface area (Å²) >= 11 is 0. The van der Waals surface area contributed by atoms with Gasteiger partial charge in [0.05, 0.1) is 28.3 Å². The van der Waals surface area contributed by atoms with Gasteiger partial charge in [-0.15, -0.1) is 6.58 Å². The zero-order valence-electron chi connectivity index (χ0n) is 22.9. The maximum atomic E-state index is 12.4. The molecule has 0 unspecified atom stereocenters. The van der Waals surface area contributed by atoms with Gasteiger partial charge in [0.2, 0.25) is 0 Å². The Labute approximate surface area is 226 Å². The van der Waals surface area contributed by atoms with Gasteiger partial charge in [-0.05, 0) is 71.2 Å². The van der Waals surface area contributed by atoms with E-state index in [-0.39, 0.29) is 23.4 Å². The number of carbonyl (C=O) groups is 1. The molecule has 38 heavy (non-hydrogen) atoms. The molecule has 1 aliphatic carbocycles. The maximum Gasteiger partial charge on any atom is 0.338 e. The molecular formula is C34H36N2O2. The number of carbonyl (C=O) groups excluding carboxylic acids is 1. The van der Waals surface area contributed by atoms with Crippen LogP contribution in [-0.4, -0.2) is 24.8 Å². The average Bonchev–Trinajstić information content (AvgIpc) is 3.04. The van der Waals surface area contributed by atoms with Crippen LogP contribution in [0.25, 0.3) is 0 Å². The largest absolute Gasteiger partial charge is 0.458 e. The van der Waals surface area contributed by atoms with Crippen LogP contribution in [0.15, 0.2) is 91.0 Å². The first-order chi connectivity index (χ1) is 18.2. The van der Waals surface area contributed by atoms with E-state index in [2.05, 4.69) is 76.1 Å². The molecule has 0 amide bonds. The van der Waals surface area contributed by atoms with Gasteiger partial charge in [0.1, 0.15) is 6.61 Å². The topological polar surface area (TPSA) is 41.9 Å². The smallest absolute Gasteiger partial charge is 0.338 e. The van der Waals surface area contributed by atoms with E-state index in [9.17, 15) is 4.79 Å². The van der Waals surface area contributed by atoms with Crippen LogP contribution < -0.4 is 4.90 Å². The lowest BCUT2D eigenvalue weighted by molar-refractivity contribution is 0.0549. The van der Waals surface area contributed by atoms with E-state index in [1.807, 2.05) is 36.4 Å². The van der Waals surface area contributed by atoms with Gasteiger partial charge in [0.15, 0.2) is 0 Å². The summed E-state index contributed by atoms with van der Waals surface area (Å²) in [6.45, 7) is 17.9. The monoisotopic (exact) mass is 504 g/mol. The molecular weight excluding hydrogens is 468 g/mol. The number of nitrogens with zero attached hydrogens (tertiary/aromatic N) is 2. The molecule has 4 heteroatoms. The minimum atomic E-state index is -0.361. The van der Waals surface area contributed by atoms with Crippen LogP contribution in [0.2, 0.25) is 0 Å². The van der Waals surface area contributed by atoms with Crippen LogP contribution in [0, 0.1) is 0 Å². The summed E-state index contributed by atoms with van der Waals surface area (Å²) in [7, 11) is 0. The van der Waals surface area contributed by atoms with Crippen molar-refractivity contribution in [1.82, 2.24) is 0 Å². The van der Waals surface area contributed by atoms with E-state index in [1.165, 1.54) is 11.1 Å². The van der Waals surface area contributed by atoms with Crippen LogP contribution in [0.1, 0.15) is 73.1 Å². The highest BCUT2D eigenvalue weighted by Gasteiger charge is 2.39. The Bertz CT molecular complexity index is 1440. The highest BCUT2D eigenvalue weighted by Crippen LogP contribution is 2.50. The van der Waals surface area contributed by atoms with Crippen molar-refractivity contribution in [1.29, 1.82) is 0 Å². The number of hydrogen-bond acceptors (Lipinski definition) is 4. The second kappa shape index (κ2) is 9.75. The molecule has 194 valence electrons. The Kier molecular flexibility index (Phi) is 6.60. The molecule has 0 saturated carbocycles. The van der Waals surface area contributed by atoms with Crippen LogP contribution in [0.5, 0.6) is 0 Å². The Hall–Kier alpha value is -3.92. The fraction of sp³-hybridized carbons (Fsp3) is 0.294. The molecule has 0 saturated heterocycles. The van der Waals surface area contributed by atoms with Crippen molar-refractivity contribution in [3.63, 3.8) is 0 Å². The number of esters is 1. The molecule has 1 aliphatic heterocycles. The van der Waals surface area contributed by atoms with Crippen molar-refractivity contribution in [2.24, 2.45) is 4.99 Å². The van der Waals surface area contributed by atoms with Crippen LogP contribution in [0.3, 0.4) is 0 Å². The molecule has 1 heterocycles. The molecule has 0 fully saturated rings. The predicted molar refractivity (Wildman–Crippen MR) is 158 cm³/mol. The normalized spacial score (nSPS) is 16.7. The van der Waals surface area contributed by atoms with E-state index in [0.29, 0.717) is 12.1 Å². The van der Waals surface area contributed by atoms with E-state index in [1.54, 1.807) is 6.08 Å². The van der Waals surface area contributed by atoms with Crippen molar-refractivity contribution >= 4 is 28.7 Å². The fourth-order valence-corrected chi connectivity index (χ4v) is 5.64. The highest BCUT2D eigenvalue weighted by molar-refractivity contribution is 6.19. The number of rotatable bonds is 6. The van der Waals surface area contributed by atoms with Gasteiger partial charge in [0, 0.05) is 17.7 Å². The summed E-state index contributed by atoms with van der Waals surface area (Å²) in [5, 5.41) is 0. The Morgan fingerprint density at radius 1 is 0.921 bits per heavy atom. The average molecular weight is 505 g/mol.